The van der Waals surface area contributed by atoms with Gasteiger partial charge in [0.05, 0.1) is 27.3 Å². The van der Waals surface area contributed by atoms with Gasteiger partial charge in [-0.3, -0.25) is 9.67 Å². The fourth-order valence-electron chi connectivity index (χ4n) is 1.81. The zero-order valence-corrected chi connectivity index (χ0v) is 14.9. The summed E-state index contributed by atoms with van der Waals surface area (Å²) in [5, 5.41) is 7.11. The molecule has 0 radical (unpaired) electrons. The second-order valence-electron chi connectivity index (χ2n) is 4.23. The average Bonchev–Trinajstić information content (AvgIpc) is 3.00. The van der Waals surface area contributed by atoms with Crippen LogP contribution in [0.4, 0.5) is 5.69 Å². The van der Waals surface area contributed by atoms with Crippen molar-refractivity contribution in [3.8, 4) is 11.5 Å². The SMILES string of the molecule is COc1ccc(NC(N)=NCCn2cccn2)cc1OC.I. The molecule has 0 fully saturated rings. The van der Waals surface area contributed by atoms with Gasteiger partial charge >= 0.3 is 0 Å². The molecular weight excluding hydrogens is 397 g/mol. The third kappa shape index (κ3) is 5.10. The first-order valence-corrected chi connectivity index (χ1v) is 6.49. The third-order valence-electron chi connectivity index (χ3n) is 2.83. The maximum Gasteiger partial charge on any atom is 0.193 e. The van der Waals surface area contributed by atoms with Gasteiger partial charge in [0.15, 0.2) is 17.5 Å². The van der Waals surface area contributed by atoms with E-state index in [0.29, 0.717) is 30.5 Å². The quantitative estimate of drug-likeness (QED) is 0.426. The molecule has 0 unspecified atom stereocenters. The largest absolute Gasteiger partial charge is 0.493 e. The van der Waals surface area contributed by atoms with Crippen LogP contribution in [0.2, 0.25) is 0 Å². The van der Waals surface area contributed by atoms with Crippen molar-refractivity contribution in [1.82, 2.24) is 9.78 Å². The van der Waals surface area contributed by atoms with Crippen molar-refractivity contribution in [3.05, 3.63) is 36.7 Å². The van der Waals surface area contributed by atoms with Crippen molar-refractivity contribution in [2.75, 3.05) is 26.1 Å². The Morgan fingerprint density at radius 3 is 2.73 bits per heavy atom. The summed E-state index contributed by atoms with van der Waals surface area (Å²) in [6.45, 7) is 1.23. The van der Waals surface area contributed by atoms with E-state index in [9.17, 15) is 0 Å². The van der Waals surface area contributed by atoms with Crippen molar-refractivity contribution in [1.29, 1.82) is 0 Å². The molecule has 7 nitrogen and oxygen atoms in total. The van der Waals surface area contributed by atoms with E-state index < -0.39 is 0 Å². The Balaban J connectivity index is 0.00000242. The highest BCUT2D eigenvalue weighted by Crippen LogP contribution is 2.29. The molecule has 1 heterocycles. The lowest BCUT2D eigenvalue weighted by Crippen LogP contribution is -2.23. The lowest BCUT2D eigenvalue weighted by molar-refractivity contribution is 0.355. The highest BCUT2D eigenvalue weighted by molar-refractivity contribution is 14.0. The van der Waals surface area contributed by atoms with Crippen LogP contribution in [-0.4, -0.2) is 36.5 Å². The summed E-state index contributed by atoms with van der Waals surface area (Å²) in [5.74, 6) is 1.64. The number of halogens is 1. The first kappa shape index (κ1) is 18.1. The molecule has 0 bridgehead atoms. The summed E-state index contributed by atoms with van der Waals surface area (Å²) in [5.41, 5.74) is 6.63. The molecule has 2 aromatic rings. The van der Waals surface area contributed by atoms with Gasteiger partial charge in [0.1, 0.15) is 0 Å². The van der Waals surface area contributed by atoms with Crippen molar-refractivity contribution in [3.63, 3.8) is 0 Å². The highest BCUT2D eigenvalue weighted by atomic mass is 127. The topological polar surface area (TPSA) is 86.7 Å². The maximum absolute atomic E-state index is 5.84. The Bertz CT molecular complexity index is 601. The van der Waals surface area contributed by atoms with Crippen LogP contribution >= 0.6 is 24.0 Å². The Morgan fingerprint density at radius 2 is 2.09 bits per heavy atom. The Morgan fingerprint density at radius 1 is 1.32 bits per heavy atom. The average molecular weight is 417 g/mol. The van der Waals surface area contributed by atoms with Crippen LogP contribution in [0, 0.1) is 0 Å². The first-order valence-electron chi connectivity index (χ1n) is 6.49. The number of nitrogens with zero attached hydrogens (tertiary/aromatic N) is 3. The van der Waals surface area contributed by atoms with Crippen LogP contribution in [0.1, 0.15) is 0 Å². The molecule has 0 spiro atoms. The molecule has 8 heteroatoms. The van der Waals surface area contributed by atoms with Crippen LogP contribution in [0.3, 0.4) is 0 Å². The molecule has 22 heavy (non-hydrogen) atoms. The number of aliphatic imine (C=N–C) groups is 1. The molecule has 1 aromatic carbocycles. The lowest BCUT2D eigenvalue weighted by atomic mass is 10.3. The summed E-state index contributed by atoms with van der Waals surface area (Å²) in [6, 6.07) is 7.32. The number of guanidine groups is 1. The number of anilines is 1. The van der Waals surface area contributed by atoms with Crippen LogP contribution in [0.15, 0.2) is 41.7 Å². The van der Waals surface area contributed by atoms with Gasteiger partial charge in [-0.15, -0.1) is 24.0 Å². The molecular formula is C14H20IN5O2. The molecule has 3 N–H and O–H groups in total. The smallest absolute Gasteiger partial charge is 0.193 e. The van der Waals surface area contributed by atoms with Crippen molar-refractivity contribution in [2.24, 2.45) is 10.7 Å². The van der Waals surface area contributed by atoms with E-state index in [1.54, 1.807) is 37.2 Å². The minimum absolute atomic E-state index is 0. The van der Waals surface area contributed by atoms with E-state index in [0.717, 1.165) is 5.69 Å². The van der Waals surface area contributed by atoms with Crippen LogP contribution in [0.25, 0.3) is 0 Å². The molecule has 0 saturated carbocycles. The van der Waals surface area contributed by atoms with Crippen molar-refractivity contribution >= 4 is 35.6 Å². The lowest BCUT2D eigenvalue weighted by Gasteiger charge is -2.10. The summed E-state index contributed by atoms with van der Waals surface area (Å²) in [6.07, 6.45) is 3.61. The summed E-state index contributed by atoms with van der Waals surface area (Å²) >= 11 is 0. The molecule has 1 aromatic heterocycles. The van der Waals surface area contributed by atoms with Gasteiger partial charge in [0.25, 0.3) is 0 Å². The molecule has 0 aliphatic heterocycles. The van der Waals surface area contributed by atoms with Gasteiger partial charge in [-0.1, -0.05) is 0 Å². The molecule has 120 valence electrons. The molecule has 0 aliphatic rings. The van der Waals surface area contributed by atoms with Crippen LogP contribution < -0.4 is 20.5 Å². The molecule has 0 amide bonds. The number of ether oxygens (including phenoxy) is 2. The van der Waals surface area contributed by atoms with E-state index >= 15 is 0 Å². The van der Waals surface area contributed by atoms with E-state index in [-0.39, 0.29) is 24.0 Å². The number of benzene rings is 1. The Kier molecular flexibility index (Phi) is 7.50. The standard InChI is InChI=1S/C14H19N5O2.HI/c1-20-12-5-4-11(10-13(12)21-2)18-14(15)16-7-9-19-8-3-6-17-19;/h3-6,8,10H,7,9H2,1-2H3,(H3,15,16,18);1H. The van der Waals surface area contributed by atoms with Gasteiger partial charge in [-0.25, -0.2) is 0 Å². The molecule has 0 aliphatic carbocycles. The fraction of sp³-hybridized carbons (Fsp3) is 0.286. The van der Waals surface area contributed by atoms with Gasteiger partial charge in [0, 0.05) is 24.1 Å². The molecule has 0 atom stereocenters. The Hall–Kier alpha value is -1.97. The zero-order chi connectivity index (χ0) is 15.1. The number of hydrogen-bond donors (Lipinski definition) is 2. The first-order chi connectivity index (χ1) is 10.2. The van der Waals surface area contributed by atoms with E-state index in [1.807, 2.05) is 18.3 Å². The number of methoxy groups -OCH3 is 2. The van der Waals surface area contributed by atoms with Gasteiger partial charge < -0.3 is 20.5 Å². The van der Waals surface area contributed by atoms with Gasteiger partial charge in [-0.2, -0.15) is 5.10 Å². The monoisotopic (exact) mass is 417 g/mol. The number of rotatable bonds is 6. The molecule has 2 rings (SSSR count). The van der Waals surface area contributed by atoms with Crippen molar-refractivity contribution < 1.29 is 9.47 Å². The summed E-state index contributed by atoms with van der Waals surface area (Å²) in [4.78, 5) is 4.24. The number of nitrogens with two attached hydrogens (primary N) is 1. The summed E-state index contributed by atoms with van der Waals surface area (Å²) < 4.78 is 12.2. The predicted octanol–water partition coefficient (Wildman–Crippen LogP) is 1.95. The number of nitrogens with one attached hydrogen (secondary N) is 1. The van der Waals surface area contributed by atoms with E-state index in [1.165, 1.54) is 0 Å². The third-order valence-corrected chi connectivity index (χ3v) is 2.83. The predicted molar refractivity (Wildman–Crippen MR) is 97.3 cm³/mol. The Labute approximate surface area is 146 Å². The summed E-state index contributed by atoms with van der Waals surface area (Å²) in [7, 11) is 3.18. The van der Waals surface area contributed by atoms with Crippen molar-refractivity contribution in [2.45, 2.75) is 6.54 Å². The fourth-order valence-corrected chi connectivity index (χ4v) is 1.81. The van der Waals surface area contributed by atoms with Crippen LogP contribution in [0.5, 0.6) is 11.5 Å². The number of aromatic nitrogens is 2. The zero-order valence-electron chi connectivity index (χ0n) is 12.5. The molecule has 0 saturated heterocycles. The van der Waals surface area contributed by atoms with E-state index in [2.05, 4.69) is 15.4 Å². The van der Waals surface area contributed by atoms with Gasteiger partial charge in [-0.05, 0) is 18.2 Å². The van der Waals surface area contributed by atoms with E-state index in [4.69, 9.17) is 15.2 Å². The maximum atomic E-state index is 5.84. The normalized spacial score (nSPS) is 10.7. The second kappa shape index (κ2) is 9.13. The second-order valence-corrected chi connectivity index (χ2v) is 4.23. The number of hydrogen-bond acceptors (Lipinski definition) is 4. The van der Waals surface area contributed by atoms with Crippen LogP contribution in [-0.2, 0) is 6.54 Å². The minimum atomic E-state index is 0. The van der Waals surface area contributed by atoms with Gasteiger partial charge in [0.2, 0.25) is 0 Å². The highest BCUT2D eigenvalue weighted by Gasteiger charge is 2.04. The minimum Gasteiger partial charge on any atom is -0.493 e.